The maximum atomic E-state index is 10.5. The molecule has 0 aromatic rings. The molecule has 2 saturated heterocycles. The zero-order valence-electron chi connectivity index (χ0n) is 8.37. The lowest BCUT2D eigenvalue weighted by atomic mass is 9.93. The van der Waals surface area contributed by atoms with Gasteiger partial charge in [-0.2, -0.15) is 0 Å². The maximum Gasteiger partial charge on any atom is 0.317 e. The summed E-state index contributed by atoms with van der Waals surface area (Å²) in [4.78, 5) is 12.5. The predicted octanol–water partition coefficient (Wildman–Crippen LogP) is 0.716. The largest absolute Gasteiger partial charge is 0.480 e. The quantitative estimate of drug-likeness (QED) is 0.711. The molecule has 0 aromatic heterocycles. The first-order chi connectivity index (χ1) is 6.70. The number of carboxylic acids is 1. The number of carboxylic acid groups (broad SMARTS) is 1. The molecule has 80 valence electrons. The number of nitrogens with zero attached hydrogens (tertiary/aromatic N) is 1. The van der Waals surface area contributed by atoms with E-state index in [4.69, 9.17) is 9.84 Å². The Labute approximate surface area is 83.8 Å². The predicted molar refractivity (Wildman–Crippen MR) is 51.2 cm³/mol. The SMILES string of the molecule is O=C(O)CN1CCC2(CCCCO2)C1. The number of carbonyl (C=O) groups is 1. The molecule has 0 aliphatic carbocycles. The molecular weight excluding hydrogens is 182 g/mol. The van der Waals surface area contributed by atoms with Crippen LogP contribution in [0.1, 0.15) is 25.7 Å². The van der Waals surface area contributed by atoms with E-state index >= 15 is 0 Å². The van der Waals surface area contributed by atoms with Gasteiger partial charge < -0.3 is 9.84 Å². The van der Waals surface area contributed by atoms with Gasteiger partial charge >= 0.3 is 5.97 Å². The topological polar surface area (TPSA) is 49.8 Å². The molecule has 2 aliphatic rings. The average molecular weight is 199 g/mol. The molecule has 2 aliphatic heterocycles. The van der Waals surface area contributed by atoms with Crippen molar-refractivity contribution in [1.29, 1.82) is 0 Å². The van der Waals surface area contributed by atoms with Crippen LogP contribution in [0.3, 0.4) is 0 Å². The van der Waals surface area contributed by atoms with E-state index in [2.05, 4.69) is 0 Å². The van der Waals surface area contributed by atoms with Gasteiger partial charge in [-0.15, -0.1) is 0 Å². The van der Waals surface area contributed by atoms with Crippen LogP contribution in [0.4, 0.5) is 0 Å². The van der Waals surface area contributed by atoms with Gasteiger partial charge in [0, 0.05) is 19.7 Å². The van der Waals surface area contributed by atoms with E-state index in [-0.39, 0.29) is 12.1 Å². The number of hydrogen-bond donors (Lipinski definition) is 1. The summed E-state index contributed by atoms with van der Waals surface area (Å²) in [5.41, 5.74) is -0.00625. The highest BCUT2D eigenvalue weighted by molar-refractivity contribution is 5.69. The van der Waals surface area contributed by atoms with Crippen molar-refractivity contribution >= 4 is 5.97 Å². The van der Waals surface area contributed by atoms with Gasteiger partial charge in [0.15, 0.2) is 0 Å². The Bertz CT molecular complexity index is 223. The maximum absolute atomic E-state index is 10.5. The molecule has 1 unspecified atom stereocenters. The summed E-state index contributed by atoms with van der Waals surface area (Å²) >= 11 is 0. The van der Waals surface area contributed by atoms with Crippen LogP contribution in [0.5, 0.6) is 0 Å². The fourth-order valence-corrected chi connectivity index (χ4v) is 2.49. The molecule has 14 heavy (non-hydrogen) atoms. The molecule has 1 N–H and O–H groups in total. The zero-order chi connectivity index (χ0) is 10.0. The summed E-state index contributed by atoms with van der Waals surface area (Å²) < 4.78 is 5.80. The lowest BCUT2D eigenvalue weighted by molar-refractivity contribution is -0.138. The van der Waals surface area contributed by atoms with E-state index in [0.29, 0.717) is 0 Å². The highest BCUT2D eigenvalue weighted by Gasteiger charge is 2.40. The average Bonchev–Trinajstić information content (AvgIpc) is 2.49. The van der Waals surface area contributed by atoms with Crippen molar-refractivity contribution in [3.05, 3.63) is 0 Å². The third-order valence-corrected chi connectivity index (χ3v) is 3.19. The zero-order valence-corrected chi connectivity index (χ0v) is 8.37. The van der Waals surface area contributed by atoms with Gasteiger partial charge in [0.25, 0.3) is 0 Å². The highest BCUT2D eigenvalue weighted by Crippen LogP contribution is 2.33. The second kappa shape index (κ2) is 3.87. The summed E-state index contributed by atoms with van der Waals surface area (Å²) in [6.45, 7) is 2.68. The van der Waals surface area contributed by atoms with Gasteiger partial charge in [0.05, 0.1) is 12.1 Å². The minimum atomic E-state index is -0.738. The van der Waals surface area contributed by atoms with E-state index < -0.39 is 5.97 Å². The molecule has 4 heteroatoms. The van der Waals surface area contributed by atoms with Crippen molar-refractivity contribution in [2.75, 3.05) is 26.2 Å². The van der Waals surface area contributed by atoms with E-state index in [1.54, 1.807) is 0 Å². The van der Waals surface area contributed by atoms with Crippen LogP contribution < -0.4 is 0 Å². The first-order valence-corrected chi connectivity index (χ1v) is 5.28. The van der Waals surface area contributed by atoms with Gasteiger partial charge in [0.2, 0.25) is 0 Å². The van der Waals surface area contributed by atoms with Crippen molar-refractivity contribution in [1.82, 2.24) is 4.90 Å². The minimum Gasteiger partial charge on any atom is -0.480 e. The summed E-state index contributed by atoms with van der Waals surface area (Å²) in [5.74, 6) is -0.738. The van der Waals surface area contributed by atoms with Gasteiger partial charge in [-0.05, 0) is 25.7 Å². The Morgan fingerprint density at radius 3 is 2.93 bits per heavy atom. The van der Waals surface area contributed by atoms with Crippen molar-refractivity contribution in [3.8, 4) is 0 Å². The van der Waals surface area contributed by atoms with Crippen LogP contribution in [0.15, 0.2) is 0 Å². The molecule has 1 atom stereocenters. The molecule has 1 spiro atoms. The highest BCUT2D eigenvalue weighted by atomic mass is 16.5. The van der Waals surface area contributed by atoms with Crippen LogP contribution in [-0.4, -0.2) is 47.8 Å². The van der Waals surface area contributed by atoms with Crippen molar-refractivity contribution < 1.29 is 14.6 Å². The van der Waals surface area contributed by atoms with E-state index in [9.17, 15) is 4.79 Å². The Balaban J connectivity index is 1.89. The summed E-state index contributed by atoms with van der Waals surface area (Å²) in [5, 5.41) is 8.68. The molecule has 2 heterocycles. The van der Waals surface area contributed by atoms with Crippen molar-refractivity contribution in [2.24, 2.45) is 0 Å². The van der Waals surface area contributed by atoms with Crippen LogP contribution in [-0.2, 0) is 9.53 Å². The van der Waals surface area contributed by atoms with Crippen molar-refractivity contribution in [3.63, 3.8) is 0 Å². The molecular formula is C10H17NO3. The molecule has 0 bridgehead atoms. The Morgan fingerprint density at radius 2 is 2.29 bits per heavy atom. The fraction of sp³-hybridized carbons (Fsp3) is 0.900. The summed E-state index contributed by atoms with van der Waals surface area (Å²) in [6.07, 6.45) is 4.48. The van der Waals surface area contributed by atoms with Gasteiger partial charge in [-0.1, -0.05) is 0 Å². The van der Waals surface area contributed by atoms with Gasteiger partial charge in [-0.25, -0.2) is 0 Å². The molecule has 4 nitrogen and oxygen atoms in total. The number of ether oxygens (including phenoxy) is 1. The number of rotatable bonds is 2. The van der Waals surface area contributed by atoms with E-state index in [1.807, 2.05) is 4.90 Å². The first-order valence-electron chi connectivity index (χ1n) is 5.28. The van der Waals surface area contributed by atoms with Crippen LogP contribution >= 0.6 is 0 Å². The number of likely N-dealkylation sites (tertiary alicyclic amines) is 1. The second-order valence-electron chi connectivity index (χ2n) is 4.34. The molecule has 0 amide bonds. The normalized spacial score (nSPS) is 33.7. The summed E-state index contributed by atoms with van der Waals surface area (Å²) in [6, 6.07) is 0. The van der Waals surface area contributed by atoms with E-state index in [1.165, 1.54) is 6.42 Å². The monoisotopic (exact) mass is 199 g/mol. The molecule has 2 rings (SSSR count). The standard InChI is InChI=1S/C10H17NO3/c12-9(13)7-11-5-4-10(8-11)3-1-2-6-14-10/h1-8H2,(H,12,13). The summed E-state index contributed by atoms with van der Waals surface area (Å²) in [7, 11) is 0. The van der Waals surface area contributed by atoms with Gasteiger partial charge in [0.1, 0.15) is 0 Å². The Hall–Kier alpha value is -0.610. The van der Waals surface area contributed by atoms with Crippen molar-refractivity contribution in [2.45, 2.75) is 31.3 Å². The number of hydrogen-bond acceptors (Lipinski definition) is 3. The van der Waals surface area contributed by atoms with Crippen LogP contribution in [0.25, 0.3) is 0 Å². The van der Waals surface area contributed by atoms with E-state index in [0.717, 1.165) is 39.0 Å². The Morgan fingerprint density at radius 1 is 1.43 bits per heavy atom. The smallest absolute Gasteiger partial charge is 0.317 e. The fourth-order valence-electron chi connectivity index (χ4n) is 2.49. The molecule has 2 fully saturated rings. The minimum absolute atomic E-state index is 0.00625. The molecule has 0 saturated carbocycles. The van der Waals surface area contributed by atoms with Crippen LogP contribution in [0.2, 0.25) is 0 Å². The number of aliphatic carboxylic acids is 1. The lowest BCUT2D eigenvalue weighted by Gasteiger charge is -2.33. The Kier molecular flexibility index (Phi) is 2.74. The first kappa shape index (κ1) is 9.93. The molecule has 0 radical (unpaired) electrons. The molecule has 0 aromatic carbocycles. The third-order valence-electron chi connectivity index (χ3n) is 3.19. The van der Waals surface area contributed by atoms with Gasteiger partial charge in [-0.3, -0.25) is 9.69 Å². The van der Waals surface area contributed by atoms with Crippen LogP contribution in [0, 0.1) is 0 Å². The lowest BCUT2D eigenvalue weighted by Crippen LogP contribution is -2.40. The second-order valence-corrected chi connectivity index (χ2v) is 4.34. The third kappa shape index (κ3) is 2.07.